The van der Waals surface area contributed by atoms with Crippen LogP contribution in [-0.2, 0) is 33.3 Å². The number of likely N-dealkylation sites (N-methyl/N-ethyl adjacent to an activating group) is 1. The van der Waals surface area contributed by atoms with Gasteiger partial charge in [0.05, 0.1) is 34.4 Å². The largest absolute Gasteiger partial charge is 0.477 e. The molecule has 304 valence electrons. The molecular weight excluding hydrogens is 658 g/mol. The lowest BCUT2D eigenvalue weighted by molar-refractivity contribution is -0.870. The van der Waals surface area contributed by atoms with Crippen molar-refractivity contribution in [2.75, 3.05) is 47.5 Å². The van der Waals surface area contributed by atoms with Crippen LogP contribution >= 0.6 is 0 Å². The number of esters is 2. The highest BCUT2D eigenvalue weighted by molar-refractivity contribution is 5.71. The number of rotatable bonds is 38. The topological polar surface area (TPSA) is 108 Å². The van der Waals surface area contributed by atoms with Crippen LogP contribution in [0.3, 0.4) is 0 Å². The van der Waals surface area contributed by atoms with Gasteiger partial charge in [0.15, 0.2) is 6.10 Å². The zero-order chi connectivity index (χ0) is 38.5. The van der Waals surface area contributed by atoms with Crippen molar-refractivity contribution in [1.29, 1.82) is 0 Å². The number of carbonyl (C=O) groups excluding carboxylic acids is 2. The second-order valence-electron chi connectivity index (χ2n) is 15.3. The molecule has 9 nitrogen and oxygen atoms in total. The fourth-order valence-corrected chi connectivity index (χ4v) is 5.57. The Bertz CT molecular complexity index is 913. The molecule has 1 N–H and O–H groups in total. The molecule has 2 unspecified atom stereocenters. The van der Waals surface area contributed by atoms with Gasteiger partial charge in [-0.15, -0.1) is 0 Å². The molecule has 0 saturated heterocycles. The Labute approximate surface area is 318 Å². The number of ether oxygens (including phenoxy) is 4. The molecule has 0 spiro atoms. The van der Waals surface area contributed by atoms with Crippen molar-refractivity contribution in [3.05, 3.63) is 24.3 Å². The first-order valence-electron chi connectivity index (χ1n) is 21.0. The number of carbonyl (C=O) groups is 3. The maximum absolute atomic E-state index is 12.7. The van der Waals surface area contributed by atoms with Crippen molar-refractivity contribution >= 4 is 17.9 Å². The van der Waals surface area contributed by atoms with Gasteiger partial charge in [-0.2, -0.15) is 0 Å². The number of hydrogen-bond acceptors (Lipinski definition) is 7. The van der Waals surface area contributed by atoms with E-state index in [1.54, 1.807) is 0 Å². The van der Waals surface area contributed by atoms with Crippen LogP contribution in [0.2, 0.25) is 0 Å². The molecule has 0 aliphatic heterocycles. The zero-order valence-electron chi connectivity index (χ0n) is 34.2. The molecule has 0 bridgehead atoms. The van der Waals surface area contributed by atoms with Crippen LogP contribution in [0.25, 0.3) is 0 Å². The number of unbranched alkanes of at least 4 members (excludes halogenated alkanes) is 19. The molecule has 2 atom stereocenters. The Kier molecular flexibility index (Phi) is 34.2. The van der Waals surface area contributed by atoms with Gasteiger partial charge in [0.2, 0.25) is 0 Å². The molecule has 0 aliphatic carbocycles. The summed E-state index contributed by atoms with van der Waals surface area (Å²) in [5.74, 6) is -2.03. The molecule has 0 amide bonds. The highest BCUT2D eigenvalue weighted by atomic mass is 16.7. The van der Waals surface area contributed by atoms with E-state index in [4.69, 9.17) is 18.9 Å². The van der Waals surface area contributed by atoms with Crippen molar-refractivity contribution in [2.24, 2.45) is 0 Å². The second kappa shape index (κ2) is 35.8. The van der Waals surface area contributed by atoms with Crippen molar-refractivity contribution in [1.82, 2.24) is 0 Å². The fraction of sp³-hybridized carbons (Fsp3) is 0.837. The molecule has 0 heterocycles. The summed E-state index contributed by atoms with van der Waals surface area (Å²) in [5, 5.41) is 9.60. The molecule has 0 aromatic heterocycles. The van der Waals surface area contributed by atoms with Gasteiger partial charge in [0.25, 0.3) is 6.29 Å². The number of hydrogen-bond donors (Lipinski definition) is 1. The molecule has 0 aliphatic rings. The summed E-state index contributed by atoms with van der Waals surface area (Å²) in [4.78, 5) is 36.9. The number of carboxylic acid groups (broad SMARTS) is 1. The normalized spacial score (nSPS) is 13.2. The van der Waals surface area contributed by atoms with Gasteiger partial charge in [-0.25, -0.2) is 4.79 Å². The smallest absolute Gasteiger partial charge is 0.361 e. The maximum atomic E-state index is 12.7. The van der Waals surface area contributed by atoms with Crippen LogP contribution < -0.4 is 0 Å². The van der Waals surface area contributed by atoms with Crippen LogP contribution in [0.15, 0.2) is 24.3 Å². The number of aliphatic carboxylic acids is 1. The first-order chi connectivity index (χ1) is 25.1. The van der Waals surface area contributed by atoms with Crippen molar-refractivity contribution in [3.63, 3.8) is 0 Å². The maximum Gasteiger partial charge on any atom is 0.361 e. The van der Waals surface area contributed by atoms with Crippen LogP contribution in [0.4, 0.5) is 0 Å². The van der Waals surface area contributed by atoms with E-state index in [-0.39, 0.29) is 32.2 Å². The molecule has 0 aromatic carbocycles. The molecule has 0 rings (SSSR count). The highest BCUT2D eigenvalue weighted by Crippen LogP contribution is 2.13. The standard InChI is InChI=1S/C43H79NO8/c1-6-8-10-12-14-16-18-19-20-21-22-24-26-28-30-32-34-41(46)52-39(38-51-43(42(47)48)49-36-35-44(3,4)5)37-50-40(45)33-31-29-27-25-23-17-15-13-11-9-7-2/h13,15,20-21,39,43H,6-12,14,16-19,22-38H2,1-5H3/p+1/b15-13-,21-20-. The van der Waals surface area contributed by atoms with E-state index < -0.39 is 24.3 Å². The SMILES string of the molecule is CCCC/C=C\CCCCCCCC(=O)OCC(COC(OCC[N+](C)(C)C)C(=O)O)OC(=O)CCCCCCC/C=C\CCCCCCCCC. The Morgan fingerprint density at radius 1 is 0.558 bits per heavy atom. The molecule has 0 saturated carbocycles. The van der Waals surface area contributed by atoms with E-state index in [0.717, 1.165) is 77.0 Å². The number of nitrogens with zero attached hydrogens (tertiary/aromatic N) is 1. The van der Waals surface area contributed by atoms with Gasteiger partial charge in [-0.1, -0.05) is 128 Å². The lowest BCUT2D eigenvalue weighted by atomic mass is 10.1. The highest BCUT2D eigenvalue weighted by Gasteiger charge is 2.25. The quantitative estimate of drug-likeness (QED) is 0.0219. The van der Waals surface area contributed by atoms with Crippen molar-refractivity contribution in [2.45, 2.75) is 187 Å². The van der Waals surface area contributed by atoms with Gasteiger partial charge in [0, 0.05) is 12.8 Å². The van der Waals surface area contributed by atoms with E-state index in [2.05, 4.69) is 38.2 Å². The minimum absolute atomic E-state index is 0.186. The summed E-state index contributed by atoms with van der Waals surface area (Å²) in [5.41, 5.74) is 0. The number of carboxylic acids is 1. The molecule has 0 radical (unpaired) electrons. The van der Waals surface area contributed by atoms with E-state index in [1.165, 1.54) is 64.2 Å². The van der Waals surface area contributed by atoms with E-state index in [0.29, 0.717) is 23.9 Å². The summed E-state index contributed by atoms with van der Waals surface area (Å²) >= 11 is 0. The van der Waals surface area contributed by atoms with E-state index >= 15 is 0 Å². The molecule has 0 fully saturated rings. The van der Waals surface area contributed by atoms with Gasteiger partial charge in [-0.3, -0.25) is 9.59 Å². The summed E-state index contributed by atoms with van der Waals surface area (Å²) < 4.78 is 22.6. The fourth-order valence-electron chi connectivity index (χ4n) is 5.57. The Hall–Kier alpha value is -2.23. The van der Waals surface area contributed by atoms with E-state index in [9.17, 15) is 19.5 Å². The van der Waals surface area contributed by atoms with Crippen LogP contribution in [-0.4, -0.2) is 87.4 Å². The minimum Gasteiger partial charge on any atom is -0.477 e. The van der Waals surface area contributed by atoms with E-state index in [1.807, 2.05) is 21.1 Å². The van der Waals surface area contributed by atoms with Crippen LogP contribution in [0.1, 0.15) is 174 Å². The van der Waals surface area contributed by atoms with Gasteiger partial charge in [-0.05, 0) is 57.8 Å². The first kappa shape index (κ1) is 49.8. The lowest BCUT2D eigenvalue weighted by Crippen LogP contribution is -2.40. The van der Waals surface area contributed by atoms with Crippen molar-refractivity contribution < 1.29 is 42.9 Å². The lowest BCUT2D eigenvalue weighted by Gasteiger charge is -2.25. The average molecular weight is 739 g/mol. The number of quaternary nitrogens is 1. The second-order valence-corrected chi connectivity index (χ2v) is 15.3. The summed E-state index contributed by atoms with van der Waals surface area (Å²) in [6, 6.07) is 0. The predicted octanol–water partition coefficient (Wildman–Crippen LogP) is 10.5. The molecular formula is C43H80NO8+. The predicted molar refractivity (Wildman–Crippen MR) is 212 cm³/mol. The van der Waals surface area contributed by atoms with Crippen molar-refractivity contribution in [3.8, 4) is 0 Å². The average Bonchev–Trinajstić information content (AvgIpc) is 3.09. The van der Waals surface area contributed by atoms with Crippen LogP contribution in [0, 0.1) is 0 Å². The third-order valence-corrected chi connectivity index (χ3v) is 8.93. The first-order valence-corrected chi connectivity index (χ1v) is 21.0. The molecule has 52 heavy (non-hydrogen) atoms. The Morgan fingerprint density at radius 3 is 1.48 bits per heavy atom. The van der Waals surface area contributed by atoms with Gasteiger partial charge in [0.1, 0.15) is 13.2 Å². The Balaban J connectivity index is 4.49. The van der Waals surface area contributed by atoms with Gasteiger partial charge >= 0.3 is 17.9 Å². The number of allylic oxidation sites excluding steroid dienone is 4. The van der Waals surface area contributed by atoms with Crippen LogP contribution in [0.5, 0.6) is 0 Å². The third kappa shape index (κ3) is 36.1. The summed E-state index contributed by atoms with van der Waals surface area (Å²) in [7, 11) is 5.94. The zero-order valence-corrected chi connectivity index (χ0v) is 34.2. The van der Waals surface area contributed by atoms with Gasteiger partial charge < -0.3 is 28.5 Å². The minimum atomic E-state index is -1.51. The molecule has 0 aromatic rings. The monoisotopic (exact) mass is 739 g/mol. The summed E-state index contributed by atoms with van der Waals surface area (Å²) in [6.07, 6.45) is 33.8. The summed E-state index contributed by atoms with van der Waals surface area (Å²) in [6.45, 7) is 4.80. The Morgan fingerprint density at radius 2 is 1.00 bits per heavy atom. The third-order valence-electron chi connectivity index (χ3n) is 8.93. The molecule has 9 heteroatoms.